The molecule has 116 valence electrons. The van der Waals surface area contributed by atoms with Crippen molar-refractivity contribution in [1.29, 1.82) is 0 Å². The first-order valence-corrected chi connectivity index (χ1v) is 7.18. The van der Waals surface area contributed by atoms with Gasteiger partial charge < -0.3 is 9.47 Å². The summed E-state index contributed by atoms with van der Waals surface area (Å²) in [6, 6.07) is -0.0228. The minimum atomic E-state index is -0.647. The second-order valence-electron chi connectivity index (χ2n) is 7.61. The summed E-state index contributed by atoms with van der Waals surface area (Å²) in [4.78, 5) is 14.3. The molecule has 1 fully saturated rings. The molecule has 0 aromatic carbocycles. The smallest absolute Gasteiger partial charge is 0.412 e. The van der Waals surface area contributed by atoms with Gasteiger partial charge in [-0.1, -0.05) is 19.9 Å². The zero-order valence-corrected chi connectivity index (χ0v) is 13.9. The van der Waals surface area contributed by atoms with Crippen LogP contribution < -0.4 is 0 Å². The van der Waals surface area contributed by atoms with Gasteiger partial charge in [-0.25, -0.2) is 4.79 Å². The average molecular weight is 283 g/mol. The molecule has 0 aromatic heterocycles. The first kappa shape index (κ1) is 17.0. The molecule has 0 bridgehead atoms. The van der Waals surface area contributed by atoms with E-state index in [0.717, 1.165) is 6.42 Å². The van der Waals surface area contributed by atoms with Crippen molar-refractivity contribution in [2.45, 2.75) is 72.3 Å². The summed E-state index contributed by atoms with van der Waals surface area (Å²) in [7, 11) is 0. The molecule has 0 saturated carbocycles. The quantitative estimate of drug-likeness (QED) is 0.736. The standard InChI is InChI=1S/C16H29NO3/c1-9-10-15(5,6)12-11-19-16(7,8)17(12)13(18)20-14(2,3)4/h9,12H,1,10-11H2,2-8H3/t12-/m1/s1. The first-order chi connectivity index (χ1) is 8.91. The molecule has 4 heteroatoms. The van der Waals surface area contributed by atoms with Gasteiger partial charge in [-0.2, -0.15) is 0 Å². The lowest BCUT2D eigenvalue weighted by molar-refractivity contribution is -0.0670. The highest BCUT2D eigenvalue weighted by Gasteiger charge is 2.50. The topological polar surface area (TPSA) is 38.8 Å². The van der Waals surface area contributed by atoms with Crippen LogP contribution in [0.1, 0.15) is 54.9 Å². The molecule has 0 spiro atoms. The minimum Gasteiger partial charge on any atom is -0.444 e. The summed E-state index contributed by atoms with van der Waals surface area (Å²) in [5.74, 6) is 0. The van der Waals surface area contributed by atoms with E-state index >= 15 is 0 Å². The van der Waals surface area contributed by atoms with E-state index in [1.165, 1.54) is 0 Å². The van der Waals surface area contributed by atoms with Crippen LogP contribution in [0.4, 0.5) is 4.79 Å². The van der Waals surface area contributed by atoms with Crippen molar-refractivity contribution in [3.05, 3.63) is 12.7 Å². The van der Waals surface area contributed by atoms with E-state index in [9.17, 15) is 4.79 Å². The minimum absolute atomic E-state index is 0.0228. The third-order valence-electron chi connectivity index (χ3n) is 3.65. The Bertz CT molecular complexity index is 380. The molecule has 0 aromatic rings. The van der Waals surface area contributed by atoms with Gasteiger partial charge in [0.05, 0.1) is 12.6 Å². The molecule has 1 atom stereocenters. The highest BCUT2D eigenvalue weighted by molar-refractivity contribution is 5.70. The first-order valence-electron chi connectivity index (χ1n) is 7.18. The van der Waals surface area contributed by atoms with Gasteiger partial charge in [-0.05, 0) is 46.5 Å². The van der Waals surface area contributed by atoms with Crippen molar-refractivity contribution in [1.82, 2.24) is 4.90 Å². The van der Waals surface area contributed by atoms with E-state index < -0.39 is 11.3 Å². The van der Waals surface area contributed by atoms with Crippen molar-refractivity contribution in [3.63, 3.8) is 0 Å². The number of carbonyl (C=O) groups excluding carboxylic acids is 1. The third-order valence-corrected chi connectivity index (χ3v) is 3.65. The summed E-state index contributed by atoms with van der Waals surface area (Å²) in [6.07, 6.45) is 2.39. The summed E-state index contributed by atoms with van der Waals surface area (Å²) < 4.78 is 11.4. The lowest BCUT2D eigenvalue weighted by Crippen LogP contribution is -2.54. The lowest BCUT2D eigenvalue weighted by atomic mass is 9.81. The Hall–Kier alpha value is -1.03. The number of hydrogen-bond acceptors (Lipinski definition) is 3. The Morgan fingerprint density at radius 2 is 1.95 bits per heavy atom. The molecule has 1 aliphatic heterocycles. The number of nitrogens with zero attached hydrogens (tertiary/aromatic N) is 1. The summed E-state index contributed by atoms with van der Waals surface area (Å²) in [5, 5.41) is 0. The normalized spacial score (nSPS) is 22.8. The van der Waals surface area contributed by atoms with Crippen molar-refractivity contribution < 1.29 is 14.3 Å². The molecular weight excluding hydrogens is 254 g/mol. The number of ether oxygens (including phenoxy) is 2. The molecule has 1 rings (SSSR count). The number of carbonyl (C=O) groups is 1. The van der Waals surface area contributed by atoms with Gasteiger partial charge in [0.1, 0.15) is 11.3 Å². The molecule has 0 radical (unpaired) electrons. The zero-order chi connectivity index (χ0) is 15.8. The Morgan fingerprint density at radius 3 is 2.40 bits per heavy atom. The highest BCUT2D eigenvalue weighted by atomic mass is 16.6. The van der Waals surface area contributed by atoms with Crippen molar-refractivity contribution in [2.75, 3.05) is 6.61 Å². The number of rotatable bonds is 3. The number of hydrogen-bond donors (Lipinski definition) is 0. The molecule has 4 nitrogen and oxygen atoms in total. The Morgan fingerprint density at radius 1 is 1.40 bits per heavy atom. The van der Waals surface area contributed by atoms with Gasteiger partial charge in [0.25, 0.3) is 0 Å². The predicted molar refractivity (Wildman–Crippen MR) is 80.5 cm³/mol. The van der Waals surface area contributed by atoms with Crippen LogP contribution in [0, 0.1) is 5.41 Å². The van der Waals surface area contributed by atoms with Gasteiger partial charge in [0.2, 0.25) is 0 Å². The van der Waals surface area contributed by atoms with Crippen LogP contribution in [-0.2, 0) is 9.47 Å². The fraction of sp³-hybridized carbons (Fsp3) is 0.812. The lowest BCUT2D eigenvalue weighted by Gasteiger charge is -2.40. The van der Waals surface area contributed by atoms with Crippen LogP contribution in [0.25, 0.3) is 0 Å². The number of amides is 1. The molecule has 20 heavy (non-hydrogen) atoms. The SMILES string of the molecule is C=CCC(C)(C)[C@H]1COC(C)(C)N1C(=O)OC(C)(C)C. The van der Waals surface area contributed by atoms with Crippen LogP contribution in [0.5, 0.6) is 0 Å². The molecule has 0 N–H and O–H groups in total. The van der Waals surface area contributed by atoms with Crippen LogP contribution in [0.2, 0.25) is 0 Å². The van der Waals surface area contributed by atoms with E-state index in [4.69, 9.17) is 9.47 Å². The van der Waals surface area contributed by atoms with Crippen LogP contribution in [0.3, 0.4) is 0 Å². The van der Waals surface area contributed by atoms with Gasteiger partial charge in [-0.3, -0.25) is 4.90 Å². The van der Waals surface area contributed by atoms with Crippen LogP contribution in [0.15, 0.2) is 12.7 Å². The largest absolute Gasteiger partial charge is 0.444 e. The Labute approximate surface area is 123 Å². The second kappa shape index (κ2) is 5.40. The maximum atomic E-state index is 12.5. The molecule has 1 amide bonds. The van der Waals surface area contributed by atoms with Crippen LogP contribution >= 0.6 is 0 Å². The summed E-state index contributed by atoms with van der Waals surface area (Å²) >= 11 is 0. The predicted octanol–water partition coefficient (Wildman–Crippen LogP) is 3.96. The van der Waals surface area contributed by atoms with E-state index in [2.05, 4.69) is 20.4 Å². The summed E-state index contributed by atoms with van der Waals surface area (Å²) in [6.45, 7) is 18.0. The van der Waals surface area contributed by atoms with Crippen molar-refractivity contribution in [3.8, 4) is 0 Å². The van der Waals surface area contributed by atoms with Gasteiger partial charge in [0.15, 0.2) is 0 Å². The zero-order valence-electron chi connectivity index (χ0n) is 13.9. The van der Waals surface area contributed by atoms with Crippen LogP contribution in [-0.4, -0.2) is 35.0 Å². The Kier molecular flexibility index (Phi) is 4.59. The summed E-state index contributed by atoms with van der Waals surface area (Å²) in [5.41, 5.74) is -1.26. The average Bonchev–Trinajstić information content (AvgIpc) is 2.51. The fourth-order valence-electron chi connectivity index (χ4n) is 2.54. The van der Waals surface area contributed by atoms with Crippen molar-refractivity contribution >= 4 is 6.09 Å². The van der Waals surface area contributed by atoms with Crippen molar-refractivity contribution in [2.24, 2.45) is 5.41 Å². The highest BCUT2D eigenvalue weighted by Crippen LogP contribution is 2.39. The molecule has 1 aliphatic rings. The van der Waals surface area contributed by atoms with Gasteiger partial charge in [-0.15, -0.1) is 6.58 Å². The van der Waals surface area contributed by atoms with E-state index in [0.29, 0.717) is 6.61 Å². The fourth-order valence-corrected chi connectivity index (χ4v) is 2.54. The maximum Gasteiger partial charge on any atom is 0.412 e. The molecule has 1 saturated heterocycles. The molecule has 0 aliphatic carbocycles. The van der Waals surface area contributed by atoms with E-state index in [-0.39, 0.29) is 17.6 Å². The van der Waals surface area contributed by atoms with E-state index in [1.807, 2.05) is 40.7 Å². The monoisotopic (exact) mass is 283 g/mol. The third kappa shape index (κ3) is 3.75. The van der Waals surface area contributed by atoms with E-state index in [1.54, 1.807) is 4.90 Å². The van der Waals surface area contributed by atoms with Gasteiger partial charge >= 0.3 is 6.09 Å². The Balaban J connectivity index is 3.02. The molecule has 0 unspecified atom stereocenters. The molecular formula is C16H29NO3. The van der Waals surface area contributed by atoms with Gasteiger partial charge in [0, 0.05) is 0 Å². The molecule has 1 heterocycles. The second-order valence-corrected chi connectivity index (χ2v) is 7.61. The number of allylic oxidation sites excluding steroid dienone is 1. The maximum absolute atomic E-state index is 12.5.